The first-order valence-corrected chi connectivity index (χ1v) is 14.7. The molecule has 6 nitrogen and oxygen atoms in total. The molecule has 0 radical (unpaired) electrons. The first-order valence-electron chi connectivity index (χ1n) is 13.7. The van der Waals surface area contributed by atoms with Gasteiger partial charge in [-0.2, -0.15) is 15.0 Å². The van der Waals surface area contributed by atoms with E-state index in [9.17, 15) is 0 Å². The molecule has 1 aromatic heterocycles. The van der Waals surface area contributed by atoms with E-state index in [4.69, 9.17) is 0 Å². The van der Waals surface area contributed by atoms with Gasteiger partial charge >= 0.3 is 0 Å². The number of unbranched alkanes of at least 4 members (excludes halogenated alkanes) is 13. The van der Waals surface area contributed by atoms with E-state index in [1.54, 1.807) is 11.8 Å². The van der Waals surface area contributed by atoms with Crippen molar-refractivity contribution in [1.29, 1.82) is 0 Å². The summed E-state index contributed by atoms with van der Waals surface area (Å²) in [5.41, 5.74) is 0. The Bertz CT molecular complexity index is 570. The normalized spacial score (nSPS) is 11.3. The molecule has 0 aliphatic carbocycles. The third-order valence-corrected chi connectivity index (χ3v) is 6.68. The van der Waals surface area contributed by atoms with Crippen LogP contribution in [0.4, 0.5) is 11.9 Å². The van der Waals surface area contributed by atoms with Crippen molar-refractivity contribution in [2.24, 2.45) is 0 Å². The third-order valence-electron chi connectivity index (χ3n) is 5.75. The molecule has 7 heteroatoms. The van der Waals surface area contributed by atoms with Crippen molar-refractivity contribution in [3.8, 4) is 0 Å². The molecule has 0 fully saturated rings. The van der Waals surface area contributed by atoms with Gasteiger partial charge < -0.3 is 15.5 Å². The number of nitrogens with one attached hydrogen (secondary N) is 2. The van der Waals surface area contributed by atoms with Crippen molar-refractivity contribution < 1.29 is 0 Å². The van der Waals surface area contributed by atoms with Gasteiger partial charge in [-0.15, -0.1) is 0 Å². The molecule has 0 atom stereocenters. The Hall–Kier alpha value is -1.08. The standard InChI is InChI=1S/C26H52N6S/c1-5-7-9-11-13-14-15-16-18-20-27-24-29-25(28-21-22-32(3)4)31-26(30-24)33-23-19-17-12-10-8-6-2/h5-23H2,1-4H3,(H2,27,28,29,30,31). The Morgan fingerprint density at radius 3 is 1.64 bits per heavy atom. The summed E-state index contributed by atoms with van der Waals surface area (Å²) < 4.78 is 0. The third kappa shape index (κ3) is 18.0. The molecule has 0 aliphatic rings. The lowest BCUT2D eigenvalue weighted by atomic mass is 10.1. The maximum absolute atomic E-state index is 4.68. The van der Waals surface area contributed by atoms with Gasteiger partial charge in [0.2, 0.25) is 11.9 Å². The second-order valence-electron chi connectivity index (χ2n) is 9.37. The number of rotatable bonds is 23. The van der Waals surface area contributed by atoms with Crippen LogP contribution < -0.4 is 10.6 Å². The monoisotopic (exact) mass is 480 g/mol. The van der Waals surface area contributed by atoms with Gasteiger partial charge in [0, 0.05) is 25.4 Å². The Morgan fingerprint density at radius 1 is 0.606 bits per heavy atom. The molecule has 33 heavy (non-hydrogen) atoms. The zero-order valence-electron chi connectivity index (χ0n) is 22.1. The molecular weight excluding hydrogens is 428 g/mol. The fourth-order valence-corrected chi connectivity index (χ4v) is 4.49. The van der Waals surface area contributed by atoms with Crippen LogP contribution in [0.2, 0.25) is 0 Å². The summed E-state index contributed by atoms with van der Waals surface area (Å²) in [4.78, 5) is 16.1. The molecule has 0 bridgehead atoms. The summed E-state index contributed by atoms with van der Waals surface area (Å²) in [6.07, 6.45) is 20.0. The van der Waals surface area contributed by atoms with E-state index in [0.717, 1.165) is 30.5 Å². The molecular formula is C26H52N6S. The first-order chi connectivity index (χ1) is 16.2. The minimum Gasteiger partial charge on any atom is -0.354 e. The highest BCUT2D eigenvalue weighted by Gasteiger charge is 2.07. The molecule has 0 spiro atoms. The smallest absolute Gasteiger partial charge is 0.228 e. The summed E-state index contributed by atoms with van der Waals surface area (Å²) in [5.74, 6) is 2.47. The summed E-state index contributed by atoms with van der Waals surface area (Å²) in [7, 11) is 4.16. The van der Waals surface area contributed by atoms with Gasteiger partial charge in [0.15, 0.2) is 5.16 Å². The fourth-order valence-electron chi connectivity index (χ4n) is 3.65. The number of anilines is 2. The lowest BCUT2D eigenvalue weighted by Gasteiger charge is -2.12. The molecule has 1 rings (SSSR count). The fraction of sp³-hybridized carbons (Fsp3) is 0.885. The highest BCUT2D eigenvalue weighted by Crippen LogP contribution is 2.19. The van der Waals surface area contributed by atoms with Crippen LogP contribution in [0.15, 0.2) is 5.16 Å². The molecule has 0 saturated heterocycles. The van der Waals surface area contributed by atoms with Crippen LogP contribution in [0, 0.1) is 0 Å². The topological polar surface area (TPSA) is 66.0 Å². The van der Waals surface area contributed by atoms with E-state index in [2.05, 4.69) is 58.4 Å². The van der Waals surface area contributed by atoms with Crippen molar-refractivity contribution in [2.45, 2.75) is 115 Å². The van der Waals surface area contributed by atoms with Gasteiger partial charge in [0.25, 0.3) is 0 Å². The summed E-state index contributed by atoms with van der Waals surface area (Å²) in [6, 6.07) is 0. The molecule has 0 amide bonds. The molecule has 0 saturated carbocycles. The van der Waals surface area contributed by atoms with Gasteiger partial charge in [0.1, 0.15) is 0 Å². The number of thioether (sulfide) groups is 1. The Labute approximate surface area is 208 Å². The van der Waals surface area contributed by atoms with Gasteiger partial charge in [-0.25, -0.2) is 0 Å². The van der Waals surface area contributed by atoms with Crippen LogP contribution in [0.1, 0.15) is 110 Å². The number of likely N-dealkylation sites (N-methyl/N-ethyl adjacent to an activating group) is 1. The van der Waals surface area contributed by atoms with Crippen LogP contribution in [0.25, 0.3) is 0 Å². The van der Waals surface area contributed by atoms with Crippen molar-refractivity contribution in [1.82, 2.24) is 19.9 Å². The lowest BCUT2D eigenvalue weighted by Crippen LogP contribution is -2.22. The number of aromatic nitrogens is 3. The minimum atomic E-state index is 0.687. The van der Waals surface area contributed by atoms with Gasteiger partial charge in [-0.3, -0.25) is 0 Å². The Balaban J connectivity index is 2.37. The van der Waals surface area contributed by atoms with Crippen molar-refractivity contribution >= 4 is 23.7 Å². The molecule has 1 aromatic rings. The zero-order chi connectivity index (χ0) is 24.0. The van der Waals surface area contributed by atoms with E-state index in [0.29, 0.717) is 11.9 Å². The van der Waals surface area contributed by atoms with E-state index >= 15 is 0 Å². The number of hydrogen-bond donors (Lipinski definition) is 2. The van der Waals surface area contributed by atoms with E-state index in [1.807, 2.05) is 0 Å². The number of nitrogens with zero attached hydrogens (tertiary/aromatic N) is 4. The van der Waals surface area contributed by atoms with Crippen molar-refractivity contribution in [3.63, 3.8) is 0 Å². The van der Waals surface area contributed by atoms with Crippen molar-refractivity contribution in [3.05, 3.63) is 0 Å². The molecule has 0 aromatic carbocycles. The predicted molar refractivity (Wildman–Crippen MR) is 147 cm³/mol. The molecule has 192 valence electrons. The maximum Gasteiger partial charge on any atom is 0.228 e. The first kappa shape index (κ1) is 30.0. The van der Waals surface area contributed by atoms with Gasteiger partial charge in [-0.05, 0) is 26.9 Å². The quantitative estimate of drug-likeness (QED) is 0.126. The molecule has 0 unspecified atom stereocenters. The molecule has 2 N–H and O–H groups in total. The number of hydrogen-bond acceptors (Lipinski definition) is 7. The van der Waals surface area contributed by atoms with E-state index in [-0.39, 0.29) is 0 Å². The highest BCUT2D eigenvalue weighted by atomic mass is 32.2. The average Bonchev–Trinajstić information content (AvgIpc) is 2.79. The Morgan fingerprint density at radius 2 is 1.09 bits per heavy atom. The van der Waals surface area contributed by atoms with Crippen LogP contribution >= 0.6 is 11.8 Å². The van der Waals surface area contributed by atoms with Gasteiger partial charge in [0.05, 0.1) is 0 Å². The summed E-state index contributed by atoms with van der Waals surface area (Å²) >= 11 is 1.76. The second-order valence-corrected chi connectivity index (χ2v) is 10.4. The zero-order valence-corrected chi connectivity index (χ0v) is 22.9. The van der Waals surface area contributed by atoms with Crippen molar-refractivity contribution in [2.75, 3.05) is 50.1 Å². The van der Waals surface area contributed by atoms with Crippen LogP contribution in [0.5, 0.6) is 0 Å². The predicted octanol–water partition coefficient (Wildman–Crippen LogP) is 7.24. The van der Waals surface area contributed by atoms with E-state index in [1.165, 1.54) is 96.3 Å². The lowest BCUT2D eigenvalue weighted by molar-refractivity contribution is 0.425. The van der Waals surface area contributed by atoms with E-state index < -0.39 is 0 Å². The minimum absolute atomic E-state index is 0.687. The highest BCUT2D eigenvalue weighted by molar-refractivity contribution is 7.99. The Kier molecular flexibility index (Phi) is 19.5. The van der Waals surface area contributed by atoms with Crippen LogP contribution in [0.3, 0.4) is 0 Å². The molecule has 1 heterocycles. The summed E-state index contributed by atoms with van der Waals surface area (Å²) in [5, 5.41) is 7.64. The largest absolute Gasteiger partial charge is 0.354 e. The summed E-state index contributed by atoms with van der Waals surface area (Å²) in [6.45, 7) is 7.25. The molecule has 0 aliphatic heterocycles. The SMILES string of the molecule is CCCCCCCCCCCNc1nc(NCCN(C)C)nc(SCCCCCCCC)n1. The van der Waals surface area contributed by atoms with Crippen LogP contribution in [-0.2, 0) is 0 Å². The van der Waals surface area contributed by atoms with Gasteiger partial charge in [-0.1, -0.05) is 109 Å². The average molecular weight is 481 g/mol. The second kappa shape index (κ2) is 21.5. The van der Waals surface area contributed by atoms with Crippen LogP contribution in [-0.4, -0.2) is 59.3 Å². The maximum atomic E-state index is 4.68.